The normalized spacial score (nSPS) is 13.1. The number of benzene rings is 3. The maximum absolute atomic E-state index is 12.3. The first-order chi connectivity index (χ1) is 17.5. The van der Waals surface area contributed by atoms with Crippen molar-refractivity contribution in [2.75, 3.05) is 36.9 Å². The number of nitrogens with zero attached hydrogens (tertiary/aromatic N) is 2. The maximum Gasteiger partial charge on any atom is 0.243 e. The SMILES string of the molecule is CC(=O)NCC(=O)Nc1ccc(SCc2ccccc2)c(/C=C/C2=NCCN(C)c3ccccc32)c1. The summed E-state index contributed by atoms with van der Waals surface area (Å²) in [4.78, 5) is 31.6. The van der Waals surface area contributed by atoms with Crippen molar-refractivity contribution >= 4 is 46.7 Å². The lowest BCUT2D eigenvalue weighted by Gasteiger charge is -2.18. The molecule has 1 aliphatic heterocycles. The first-order valence-electron chi connectivity index (χ1n) is 11.9. The Morgan fingerprint density at radius 1 is 1.03 bits per heavy atom. The molecule has 0 unspecified atom stereocenters. The highest BCUT2D eigenvalue weighted by Gasteiger charge is 2.14. The Hall–Kier alpha value is -3.84. The molecule has 0 spiro atoms. The molecule has 2 amide bonds. The maximum atomic E-state index is 12.3. The van der Waals surface area contributed by atoms with Gasteiger partial charge in [-0.1, -0.05) is 54.6 Å². The zero-order valence-corrected chi connectivity index (χ0v) is 21.3. The first-order valence-corrected chi connectivity index (χ1v) is 12.9. The van der Waals surface area contributed by atoms with Crippen molar-refractivity contribution in [1.29, 1.82) is 0 Å². The Labute approximate surface area is 216 Å². The van der Waals surface area contributed by atoms with Gasteiger partial charge in [0.2, 0.25) is 11.8 Å². The van der Waals surface area contributed by atoms with E-state index in [1.54, 1.807) is 11.8 Å². The molecule has 0 atom stereocenters. The number of rotatable bonds is 8. The molecule has 2 N–H and O–H groups in total. The second kappa shape index (κ2) is 12.2. The number of hydrogen-bond donors (Lipinski definition) is 2. The van der Waals surface area contributed by atoms with Crippen LogP contribution in [-0.4, -0.2) is 44.2 Å². The minimum absolute atomic E-state index is 0.0634. The Morgan fingerprint density at radius 2 is 1.81 bits per heavy atom. The number of thioether (sulfide) groups is 1. The number of fused-ring (bicyclic) bond motifs is 1. The van der Waals surface area contributed by atoms with Crippen LogP contribution in [0.1, 0.15) is 23.6 Å². The van der Waals surface area contributed by atoms with Crippen molar-refractivity contribution in [2.45, 2.75) is 17.6 Å². The molecule has 1 heterocycles. The van der Waals surface area contributed by atoms with Crippen LogP contribution >= 0.6 is 11.8 Å². The fourth-order valence-electron chi connectivity index (χ4n) is 3.89. The summed E-state index contributed by atoms with van der Waals surface area (Å²) in [5.74, 6) is 0.330. The Bertz CT molecular complexity index is 1290. The average Bonchev–Trinajstić information content (AvgIpc) is 3.05. The van der Waals surface area contributed by atoms with Crippen LogP contribution in [0.3, 0.4) is 0 Å². The second-order valence-corrected chi connectivity index (χ2v) is 9.54. The molecule has 0 bridgehead atoms. The largest absolute Gasteiger partial charge is 0.372 e. The number of carbonyl (C=O) groups is 2. The van der Waals surface area contributed by atoms with Crippen LogP contribution < -0.4 is 15.5 Å². The molecule has 6 nitrogen and oxygen atoms in total. The van der Waals surface area contributed by atoms with Gasteiger partial charge in [-0.25, -0.2) is 0 Å². The molecule has 36 heavy (non-hydrogen) atoms. The molecule has 7 heteroatoms. The Balaban J connectivity index is 1.61. The van der Waals surface area contributed by atoms with E-state index in [2.05, 4.69) is 59.0 Å². The summed E-state index contributed by atoms with van der Waals surface area (Å²) in [6, 6.07) is 24.5. The molecule has 0 aliphatic carbocycles. The van der Waals surface area contributed by atoms with Crippen molar-refractivity contribution in [3.63, 3.8) is 0 Å². The van der Waals surface area contributed by atoms with Crippen LogP contribution in [0.25, 0.3) is 6.08 Å². The molecule has 0 saturated heterocycles. The topological polar surface area (TPSA) is 73.8 Å². The van der Waals surface area contributed by atoms with Gasteiger partial charge in [-0.3, -0.25) is 14.6 Å². The van der Waals surface area contributed by atoms with Crippen LogP contribution in [0.2, 0.25) is 0 Å². The van der Waals surface area contributed by atoms with Gasteiger partial charge in [0.15, 0.2) is 0 Å². The smallest absolute Gasteiger partial charge is 0.243 e. The number of amides is 2. The van der Waals surface area contributed by atoms with Gasteiger partial charge in [0.25, 0.3) is 0 Å². The fourth-order valence-corrected chi connectivity index (χ4v) is 4.87. The summed E-state index contributed by atoms with van der Waals surface area (Å²) < 4.78 is 0. The van der Waals surface area contributed by atoms with Crippen molar-refractivity contribution in [3.8, 4) is 0 Å². The lowest BCUT2D eigenvalue weighted by atomic mass is 10.1. The third kappa shape index (κ3) is 6.86. The molecule has 0 saturated carbocycles. The van der Waals surface area contributed by atoms with Gasteiger partial charge in [-0.15, -0.1) is 11.8 Å². The summed E-state index contributed by atoms with van der Waals surface area (Å²) in [5, 5.41) is 5.40. The summed E-state index contributed by atoms with van der Waals surface area (Å²) in [7, 11) is 2.09. The average molecular weight is 499 g/mol. The second-order valence-electron chi connectivity index (χ2n) is 8.52. The van der Waals surface area contributed by atoms with Crippen LogP contribution in [0.4, 0.5) is 11.4 Å². The van der Waals surface area contributed by atoms with Crippen molar-refractivity contribution in [1.82, 2.24) is 5.32 Å². The molecular weight excluding hydrogens is 468 g/mol. The molecular formula is C29H30N4O2S. The van der Waals surface area contributed by atoms with E-state index in [9.17, 15) is 9.59 Å². The van der Waals surface area contributed by atoms with E-state index >= 15 is 0 Å². The van der Waals surface area contributed by atoms with E-state index in [1.807, 2.05) is 48.5 Å². The number of hydrogen-bond acceptors (Lipinski definition) is 5. The molecule has 1 aliphatic rings. The zero-order valence-electron chi connectivity index (χ0n) is 20.5. The molecule has 184 valence electrons. The van der Waals surface area contributed by atoms with Gasteiger partial charge in [0.1, 0.15) is 0 Å². The van der Waals surface area contributed by atoms with Crippen molar-refractivity contribution in [2.24, 2.45) is 4.99 Å². The van der Waals surface area contributed by atoms with Gasteiger partial charge in [-0.2, -0.15) is 0 Å². The van der Waals surface area contributed by atoms with E-state index in [0.29, 0.717) is 5.69 Å². The quantitative estimate of drug-likeness (QED) is 0.429. The Kier molecular flexibility index (Phi) is 8.57. The number of para-hydroxylation sites is 1. The number of aliphatic imine (C=N–C) groups is 1. The molecule has 3 aromatic carbocycles. The van der Waals surface area contributed by atoms with Gasteiger partial charge >= 0.3 is 0 Å². The number of benzodiazepines with no additional fused rings is 1. The number of nitrogens with one attached hydrogen (secondary N) is 2. The van der Waals surface area contributed by atoms with Crippen LogP contribution in [0, 0.1) is 0 Å². The van der Waals surface area contributed by atoms with Gasteiger partial charge in [-0.05, 0) is 41.5 Å². The molecule has 4 rings (SSSR count). The first kappa shape index (κ1) is 25.3. The number of likely N-dealkylation sites (N-methyl/N-ethyl adjacent to an activating group) is 1. The minimum Gasteiger partial charge on any atom is -0.372 e. The highest BCUT2D eigenvalue weighted by atomic mass is 32.2. The molecule has 0 radical (unpaired) electrons. The molecule has 3 aromatic rings. The van der Waals surface area contributed by atoms with Gasteiger partial charge < -0.3 is 15.5 Å². The van der Waals surface area contributed by atoms with E-state index in [1.165, 1.54) is 12.5 Å². The van der Waals surface area contributed by atoms with Crippen LogP contribution in [0.15, 0.2) is 88.8 Å². The molecule has 0 fully saturated rings. The highest BCUT2D eigenvalue weighted by Crippen LogP contribution is 2.30. The van der Waals surface area contributed by atoms with E-state index in [4.69, 9.17) is 4.99 Å². The summed E-state index contributed by atoms with van der Waals surface area (Å²) in [6.45, 7) is 2.91. The zero-order chi connectivity index (χ0) is 25.3. The lowest BCUT2D eigenvalue weighted by Crippen LogP contribution is -2.31. The predicted octanol–water partition coefficient (Wildman–Crippen LogP) is 5.01. The third-order valence-electron chi connectivity index (χ3n) is 5.76. The third-order valence-corrected chi connectivity index (χ3v) is 6.92. The summed E-state index contributed by atoms with van der Waals surface area (Å²) in [5.41, 5.74) is 6.12. The van der Waals surface area contributed by atoms with Crippen LogP contribution in [0.5, 0.6) is 0 Å². The fraction of sp³-hybridized carbons (Fsp3) is 0.207. The van der Waals surface area contributed by atoms with Gasteiger partial charge in [0.05, 0.1) is 18.8 Å². The van der Waals surface area contributed by atoms with E-state index in [0.717, 1.165) is 46.3 Å². The standard InChI is InChI=1S/C29H30N4O2S/c1-21(34)31-19-29(35)32-24-13-15-28(36-20-22-8-4-3-5-9-22)23(18-24)12-14-26-25-10-6-7-11-27(25)33(2)17-16-30-26/h3-15,18H,16-17,19-20H2,1-2H3,(H,31,34)(H,32,35)/b14-12+. The van der Waals surface area contributed by atoms with Crippen LogP contribution in [-0.2, 0) is 15.3 Å². The van der Waals surface area contributed by atoms with E-state index < -0.39 is 0 Å². The lowest BCUT2D eigenvalue weighted by molar-refractivity contribution is -0.122. The minimum atomic E-state index is -0.269. The Morgan fingerprint density at radius 3 is 2.61 bits per heavy atom. The predicted molar refractivity (Wildman–Crippen MR) is 150 cm³/mol. The number of carbonyl (C=O) groups excluding carboxylic acids is 2. The van der Waals surface area contributed by atoms with E-state index in [-0.39, 0.29) is 18.4 Å². The molecule has 0 aromatic heterocycles. The van der Waals surface area contributed by atoms with Crippen molar-refractivity contribution in [3.05, 3.63) is 95.6 Å². The highest BCUT2D eigenvalue weighted by molar-refractivity contribution is 7.98. The summed E-state index contributed by atoms with van der Waals surface area (Å²) >= 11 is 1.75. The van der Waals surface area contributed by atoms with Crippen molar-refractivity contribution < 1.29 is 9.59 Å². The van der Waals surface area contributed by atoms with Gasteiger partial charge in [0, 0.05) is 48.1 Å². The number of anilines is 2. The number of allylic oxidation sites excluding steroid dienone is 1. The summed E-state index contributed by atoms with van der Waals surface area (Å²) in [6.07, 6.45) is 4.13. The monoisotopic (exact) mass is 498 g/mol.